The Labute approximate surface area is 94.5 Å². The molecule has 2 heteroatoms. The molecule has 0 N–H and O–H groups in total. The second-order valence-electron chi connectivity index (χ2n) is 4.42. The van der Waals surface area contributed by atoms with Crippen molar-refractivity contribution in [3.8, 4) is 0 Å². The van der Waals surface area contributed by atoms with Crippen LogP contribution in [-0.4, -0.2) is 9.38 Å². The SMILES string of the molecule is CC(C)c1ncc2ccc3ccccc3n12. The van der Waals surface area contributed by atoms with Crippen molar-refractivity contribution in [1.29, 1.82) is 0 Å². The first-order valence-corrected chi connectivity index (χ1v) is 5.62. The zero-order chi connectivity index (χ0) is 11.1. The van der Waals surface area contributed by atoms with E-state index in [2.05, 4.69) is 59.6 Å². The van der Waals surface area contributed by atoms with E-state index in [0.29, 0.717) is 5.92 Å². The molecule has 2 heterocycles. The molecule has 16 heavy (non-hydrogen) atoms. The van der Waals surface area contributed by atoms with Crippen LogP contribution in [0.2, 0.25) is 0 Å². The van der Waals surface area contributed by atoms with Crippen LogP contribution in [0.4, 0.5) is 0 Å². The van der Waals surface area contributed by atoms with Gasteiger partial charge >= 0.3 is 0 Å². The van der Waals surface area contributed by atoms with Gasteiger partial charge in [-0.3, -0.25) is 4.40 Å². The molecule has 2 nitrogen and oxygen atoms in total. The summed E-state index contributed by atoms with van der Waals surface area (Å²) in [5.41, 5.74) is 2.41. The van der Waals surface area contributed by atoms with Crippen molar-refractivity contribution >= 4 is 16.4 Å². The van der Waals surface area contributed by atoms with Gasteiger partial charge in [0.2, 0.25) is 0 Å². The number of fused-ring (bicyclic) bond motifs is 3. The minimum Gasteiger partial charge on any atom is -0.296 e. The first-order chi connectivity index (χ1) is 7.77. The lowest BCUT2D eigenvalue weighted by molar-refractivity contribution is 0.778. The molecule has 1 aromatic carbocycles. The first-order valence-electron chi connectivity index (χ1n) is 5.62. The van der Waals surface area contributed by atoms with Gasteiger partial charge in [0, 0.05) is 5.92 Å². The topological polar surface area (TPSA) is 17.3 Å². The van der Waals surface area contributed by atoms with Crippen molar-refractivity contribution in [2.24, 2.45) is 0 Å². The van der Waals surface area contributed by atoms with Crippen LogP contribution >= 0.6 is 0 Å². The lowest BCUT2D eigenvalue weighted by atomic mass is 10.2. The fraction of sp³-hybridized carbons (Fsp3) is 0.214. The summed E-state index contributed by atoms with van der Waals surface area (Å²) < 4.78 is 2.25. The van der Waals surface area contributed by atoms with Crippen LogP contribution in [0.1, 0.15) is 25.6 Å². The van der Waals surface area contributed by atoms with E-state index in [1.807, 2.05) is 6.20 Å². The molecule has 0 aliphatic carbocycles. The van der Waals surface area contributed by atoms with E-state index >= 15 is 0 Å². The van der Waals surface area contributed by atoms with Crippen molar-refractivity contribution in [2.75, 3.05) is 0 Å². The molecule has 80 valence electrons. The van der Waals surface area contributed by atoms with Gasteiger partial charge in [-0.2, -0.15) is 0 Å². The minimum absolute atomic E-state index is 0.438. The standard InChI is InChI=1S/C14H14N2/c1-10(2)14-15-9-12-8-7-11-5-3-4-6-13(11)16(12)14/h3-10H,1-2H3. The summed E-state index contributed by atoms with van der Waals surface area (Å²) in [5.74, 6) is 1.57. The van der Waals surface area contributed by atoms with Gasteiger partial charge in [-0.25, -0.2) is 4.98 Å². The number of nitrogens with zero attached hydrogens (tertiary/aromatic N) is 2. The maximum absolute atomic E-state index is 4.51. The van der Waals surface area contributed by atoms with Crippen LogP contribution < -0.4 is 0 Å². The minimum atomic E-state index is 0.438. The predicted molar refractivity (Wildman–Crippen MR) is 66.8 cm³/mol. The maximum Gasteiger partial charge on any atom is 0.116 e. The summed E-state index contributed by atoms with van der Waals surface area (Å²) in [7, 11) is 0. The molecule has 0 spiro atoms. The van der Waals surface area contributed by atoms with Crippen molar-refractivity contribution in [3.05, 3.63) is 48.4 Å². The van der Waals surface area contributed by atoms with Gasteiger partial charge in [0.25, 0.3) is 0 Å². The molecule has 0 unspecified atom stereocenters. The molecule has 0 radical (unpaired) electrons. The number of para-hydroxylation sites is 1. The molecule has 0 fully saturated rings. The van der Waals surface area contributed by atoms with Gasteiger partial charge in [-0.05, 0) is 17.5 Å². The summed E-state index contributed by atoms with van der Waals surface area (Å²) >= 11 is 0. The van der Waals surface area contributed by atoms with E-state index in [9.17, 15) is 0 Å². The Kier molecular flexibility index (Phi) is 1.96. The number of pyridine rings is 1. The van der Waals surface area contributed by atoms with Crippen LogP contribution in [0.15, 0.2) is 42.6 Å². The van der Waals surface area contributed by atoms with Crippen molar-refractivity contribution in [1.82, 2.24) is 9.38 Å². The summed E-state index contributed by atoms with van der Waals surface area (Å²) in [5, 5.41) is 1.26. The van der Waals surface area contributed by atoms with Gasteiger partial charge in [-0.1, -0.05) is 38.1 Å². The van der Waals surface area contributed by atoms with Gasteiger partial charge < -0.3 is 0 Å². The fourth-order valence-corrected chi connectivity index (χ4v) is 2.17. The zero-order valence-electron chi connectivity index (χ0n) is 9.51. The second kappa shape index (κ2) is 3.34. The second-order valence-corrected chi connectivity index (χ2v) is 4.42. The molecule has 0 saturated carbocycles. The number of rotatable bonds is 1. The molecule has 0 atom stereocenters. The Morgan fingerprint density at radius 1 is 1.06 bits per heavy atom. The molecule has 0 amide bonds. The van der Waals surface area contributed by atoms with E-state index in [0.717, 1.165) is 5.82 Å². The smallest absolute Gasteiger partial charge is 0.116 e. The lowest BCUT2D eigenvalue weighted by Crippen LogP contribution is -1.98. The van der Waals surface area contributed by atoms with Crippen LogP contribution in [0.25, 0.3) is 16.4 Å². The monoisotopic (exact) mass is 210 g/mol. The quantitative estimate of drug-likeness (QED) is 0.599. The predicted octanol–water partition coefficient (Wildman–Crippen LogP) is 3.61. The summed E-state index contributed by atoms with van der Waals surface area (Å²) in [6.45, 7) is 4.35. The molecule has 0 saturated heterocycles. The van der Waals surface area contributed by atoms with Gasteiger partial charge in [0.05, 0.1) is 17.2 Å². The van der Waals surface area contributed by atoms with E-state index in [1.54, 1.807) is 0 Å². The number of imidazole rings is 1. The summed E-state index contributed by atoms with van der Waals surface area (Å²) in [4.78, 5) is 4.51. The Morgan fingerprint density at radius 2 is 1.88 bits per heavy atom. The van der Waals surface area contributed by atoms with Crippen molar-refractivity contribution < 1.29 is 0 Å². The number of hydrogen-bond donors (Lipinski definition) is 0. The highest BCUT2D eigenvalue weighted by Crippen LogP contribution is 2.22. The summed E-state index contributed by atoms with van der Waals surface area (Å²) in [6, 6.07) is 12.7. The Balaban J connectivity index is 2.52. The van der Waals surface area contributed by atoms with E-state index in [-0.39, 0.29) is 0 Å². The number of benzene rings is 1. The summed E-state index contributed by atoms with van der Waals surface area (Å²) in [6.07, 6.45) is 1.95. The van der Waals surface area contributed by atoms with Gasteiger partial charge in [0.1, 0.15) is 5.82 Å². The largest absolute Gasteiger partial charge is 0.296 e. The Hall–Kier alpha value is -1.83. The van der Waals surface area contributed by atoms with Crippen LogP contribution in [0.5, 0.6) is 0 Å². The molecule has 3 aromatic rings. The molecular weight excluding hydrogens is 196 g/mol. The Bertz CT molecular complexity index is 650. The lowest BCUT2D eigenvalue weighted by Gasteiger charge is -2.07. The highest BCUT2D eigenvalue weighted by Gasteiger charge is 2.09. The third-order valence-corrected chi connectivity index (χ3v) is 2.94. The van der Waals surface area contributed by atoms with Gasteiger partial charge in [-0.15, -0.1) is 0 Å². The van der Waals surface area contributed by atoms with Crippen LogP contribution in [-0.2, 0) is 0 Å². The normalized spacial score (nSPS) is 11.7. The molecule has 0 aliphatic heterocycles. The third-order valence-electron chi connectivity index (χ3n) is 2.94. The zero-order valence-corrected chi connectivity index (χ0v) is 9.51. The third kappa shape index (κ3) is 1.23. The average molecular weight is 210 g/mol. The molecule has 0 bridgehead atoms. The highest BCUT2D eigenvalue weighted by molar-refractivity contribution is 5.82. The molecule has 3 rings (SSSR count). The van der Waals surface area contributed by atoms with Crippen molar-refractivity contribution in [3.63, 3.8) is 0 Å². The number of hydrogen-bond acceptors (Lipinski definition) is 1. The first kappa shape index (κ1) is 9.40. The average Bonchev–Trinajstić information content (AvgIpc) is 2.73. The van der Waals surface area contributed by atoms with E-state index in [4.69, 9.17) is 0 Å². The molecular formula is C14H14N2. The van der Waals surface area contributed by atoms with Crippen molar-refractivity contribution in [2.45, 2.75) is 19.8 Å². The fourth-order valence-electron chi connectivity index (χ4n) is 2.17. The van der Waals surface area contributed by atoms with Crippen LogP contribution in [0.3, 0.4) is 0 Å². The molecule has 2 aromatic heterocycles. The Morgan fingerprint density at radius 3 is 2.69 bits per heavy atom. The van der Waals surface area contributed by atoms with Gasteiger partial charge in [0.15, 0.2) is 0 Å². The van der Waals surface area contributed by atoms with Crippen LogP contribution in [0, 0.1) is 0 Å². The number of aromatic nitrogens is 2. The van der Waals surface area contributed by atoms with E-state index < -0.39 is 0 Å². The maximum atomic E-state index is 4.51. The highest BCUT2D eigenvalue weighted by atomic mass is 15.0. The molecule has 0 aliphatic rings. The van der Waals surface area contributed by atoms with E-state index in [1.165, 1.54) is 16.4 Å².